The van der Waals surface area contributed by atoms with Gasteiger partial charge in [0, 0.05) is 25.7 Å². The van der Waals surface area contributed by atoms with Crippen molar-refractivity contribution in [2.45, 2.75) is 71.4 Å². The standard InChI is InChI=1S/C17H34N2O3/c1-5-6-7-15(18)13-21-12-14-8-10-19(11-9-14)16(20)22-17(2,3)4/h14-15H,5-13,18H2,1-4H3/t15-/m1/s1. The number of ether oxygens (including phenoxy) is 2. The molecule has 5 heteroatoms. The van der Waals surface area contributed by atoms with E-state index in [-0.39, 0.29) is 12.1 Å². The summed E-state index contributed by atoms with van der Waals surface area (Å²) in [6.45, 7) is 10.8. The van der Waals surface area contributed by atoms with Gasteiger partial charge in [-0.1, -0.05) is 19.8 Å². The van der Waals surface area contributed by atoms with Gasteiger partial charge in [-0.05, 0) is 46.0 Å². The zero-order valence-corrected chi connectivity index (χ0v) is 14.8. The van der Waals surface area contributed by atoms with Crippen molar-refractivity contribution in [1.82, 2.24) is 4.90 Å². The molecule has 0 aromatic heterocycles. The number of carbonyl (C=O) groups is 1. The van der Waals surface area contributed by atoms with E-state index < -0.39 is 5.60 Å². The van der Waals surface area contributed by atoms with E-state index in [0.29, 0.717) is 12.5 Å². The summed E-state index contributed by atoms with van der Waals surface area (Å²) < 4.78 is 11.2. The average Bonchev–Trinajstić information content (AvgIpc) is 2.44. The number of hydrogen-bond acceptors (Lipinski definition) is 4. The number of nitrogens with zero attached hydrogens (tertiary/aromatic N) is 1. The van der Waals surface area contributed by atoms with Gasteiger partial charge >= 0.3 is 6.09 Å². The number of hydrogen-bond donors (Lipinski definition) is 1. The van der Waals surface area contributed by atoms with Crippen molar-refractivity contribution < 1.29 is 14.3 Å². The van der Waals surface area contributed by atoms with Gasteiger partial charge in [-0.15, -0.1) is 0 Å². The Hall–Kier alpha value is -0.810. The van der Waals surface area contributed by atoms with Gasteiger partial charge in [0.15, 0.2) is 0 Å². The molecule has 0 saturated carbocycles. The molecule has 1 atom stereocenters. The van der Waals surface area contributed by atoms with Gasteiger partial charge in [0.2, 0.25) is 0 Å². The quantitative estimate of drug-likeness (QED) is 0.784. The SMILES string of the molecule is CCCC[C@@H](N)COCC1CCN(C(=O)OC(C)(C)C)CC1. The molecule has 5 nitrogen and oxygen atoms in total. The lowest BCUT2D eigenvalue weighted by Crippen LogP contribution is -2.42. The Labute approximate surface area is 135 Å². The molecule has 2 N–H and O–H groups in total. The molecule has 0 aliphatic carbocycles. The summed E-state index contributed by atoms with van der Waals surface area (Å²) in [6, 6.07) is 0.154. The van der Waals surface area contributed by atoms with E-state index >= 15 is 0 Å². The highest BCUT2D eigenvalue weighted by Crippen LogP contribution is 2.20. The molecular weight excluding hydrogens is 280 g/mol. The Morgan fingerprint density at radius 1 is 1.32 bits per heavy atom. The first-order valence-corrected chi connectivity index (χ1v) is 8.63. The van der Waals surface area contributed by atoms with Crippen LogP contribution in [0.3, 0.4) is 0 Å². The van der Waals surface area contributed by atoms with Crippen LogP contribution >= 0.6 is 0 Å². The summed E-state index contributed by atoms with van der Waals surface area (Å²) in [5.41, 5.74) is 5.58. The lowest BCUT2D eigenvalue weighted by atomic mass is 9.98. The zero-order valence-electron chi connectivity index (χ0n) is 14.8. The molecule has 0 aromatic rings. The molecule has 0 radical (unpaired) electrons. The summed E-state index contributed by atoms with van der Waals surface area (Å²) in [4.78, 5) is 13.8. The number of nitrogens with two attached hydrogens (primary N) is 1. The Kier molecular flexibility index (Phi) is 8.18. The van der Waals surface area contributed by atoms with E-state index in [9.17, 15) is 4.79 Å². The molecule has 1 rings (SSSR count). The first kappa shape index (κ1) is 19.2. The summed E-state index contributed by atoms with van der Waals surface area (Å²) in [6.07, 6.45) is 5.13. The third-order valence-corrected chi connectivity index (χ3v) is 3.88. The third-order valence-electron chi connectivity index (χ3n) is 3.88. The molecule has 130 valence electrons. The van der Waals surface area contributed by atoms with Gasteiger partial charge in [-0.2, -0.15) is 0 Å². The fraction of sp³-hybridized carbons (Fsp3) is 0.941. The molecule has 0 bridgehead atoms. The van der Waals surface area contributed by atoms with Crippen LogP contribution in [0.15, 0.2) is 0 Å². The molecular formula is C17H34N2O3. The van der Waals surface area contributed by atoms with Gasteiger partial charge < -0.3 is 20.1 Å². The maximum Gasteiger partial charge on any atom is 0.410 e. The topological polar surface area (TPSA) is 64.8 Å². The minimum Gasteiger partial charge on any atom is -0.444 e. The van der Waals surface area contributed by atoms with Crippen LogP contribution in [-0.4, -0.2) is 48.9 Å². The van der Waals surface area contributed by atoms with Gasteiger partial charge in [0.05, 0.1) is 6.61 Å². The molecule has 1 aliphatic rings. The number of carbonyl (C=O) groups excluding carboxylic acids is 1. The Balaban J connectivity index is 2.16. The van der Waals surface area contributed by atoms with E-state index in [1.165, 1.54) is 12.8 Å². The summed E-state index contributed by atoms with van der Waals surface area (Å²) in [7, 11) is 0. The van der Waals surface area contributed by atoms with Crippen LogP contribution in [0, 0.1) is 5.92 Å². The van der Waals surface area contributed by atoms with E-state index in [1.54, 1.807) is 4.90 Å². The van der Waals surface area contributed by atoms with E-state index in [1.807, 2.05) is 20.8 Å². The van der Waals surface area contributed by atoms with Crippen molar-refractivity contribution in [2.24, 2.45) is 11.7 Å². The molecule has 22 heavy (non-hydrogen) atoms. The van der Waals surface area contributed by atoms with Gasteiger partial charge in [0.25, 0.3) is 0 Å². The van der Waals surface area contributed by atoms with Crippen LogP contribution in [0.2, 0.25) is 0 Å². The van der Waals surface area contributed by atoms with Gasteiger partial charge in [-0.3, -0.25) is 0 Å². The maximum absolute atomic E-state index is 12.0. The Morgan fingerprint density at radius 3 is 2.50 bits per heavy atom. The van der Waals surface area contributed by atoms with Crippen molar-refractivity contribution in [3.8, 4) is 0 Å². The molecule has 1 saturated heterocycles. The van der Waals surface area contributed by atoms with Crippen LogP contribution in [-0.2, 0) is 9.47 Å². The van der Waals surface area contributed by atoms with Crippen molar-refractivity contribution in [1.29, 1.82) is 0 Å². The number of unbranched alkanes of at least 4 members (excludes halogenated alkanes) is 1. The van der Waals surface area contributed by atoms with Gasteiger partial charge in [0.1, 0.15) is 5.60 Å². The molecule has 0 spiro atoms. The number of piperidine rings is 1. The number of amides is 1. The summed E-state index contributed by atoms with van der Waals surface area (Å²) in [5, 5.41) is 0. The van der Waals surface area contributed by atoms with Crippen molar-refractivity contribution in [3.05, 3.63) is 0 Å². The van der Waals surface area contributed by atoms with E-state index in [4.69, 9.17) is 15.2 Å². The van der Waals surface area contributed by atoms with Crippen LogP contribution in [0.5, 0.6) is 0 Å². The smallest absolute Gasteiger partial charge is 0.410 e. The monoisotopic (exact) mass is 314 g/mol. The second-order valence-corrected chi connectivity index (χ2v) is 7.35. The summed E-state index contributed by atoms with van der Waals surface area (Å²) >= 11 is 0. The number of likely N-dealkylation sites (tertiary alicyclic amines) is 1. The fourth-order valence-electron chi connectivity index (χ4n) is 2.54. The predicted molar refractivity (Wildman–Crippen MR) is 88.9 cm³/mol. The predicted octanol–water partition coefficient (Wildman–Crippen LogP) is 3.17. The van der Waals surface area contributed by atoms with Crippen LogP contribution in [0.1, 0.15) is 59.8 Å². The minimum atomic E-state index is -0.425. The van der Waals surface area contributed by atoms with Crippen molar-refractivity contribution in [3.63, 3.8) is 0 Å². The Morgan fingerprint density at radius 2 is 1.95 bits per heavy atom. The second kappa shape index (κ2) is 9.36. The Bertz CT molecular complexity index is 320. The minimum absolute atomic E-state index is 0.154. The largest absolute Gasteiger partial charge is 0.444 e. The van der Waals surface area contributed by atoms with E-state index in [0.717, 1.165) is 39.0 Å². The number of rotatable bonds is 7. The molecule has 1 aliphatic heterocycles. The first-order chi connectivity index (χ1) is 10.3. The second-order valence-electron chi connectivity index (χ2n) is 7.35. The highest BCUT2D eigenvalue weighted by molar-refractivity contribution is 5.68. The lowest BCUT2D eigenvalue weighted by molar-refractivity contribution is 0.0109. The summed E-state index contributed by atoms with van der Waals surface area (Å²) in [5.74, 6) is 0.525. The van der Waals surface area contributed by atoms with Gasteiger partial charge in [-0.25, -0.2) is 4.79 Å². The normalized spacial score (nSPS) is 18.3. The van der Waals surface area contributed by atoms with Crippen molar-refractivity contribution in [2.75, 3.05) is 26.3 Å². The van der Waals surface area contributed by atoms with Crippen LogP contribution in [0.4, 0.5) is 4.79 Å². The fourth-order valence-corrected chi connectivity index (χ4v) is 2.54. The van der Waals surface area contributed by atoms with Crippen molar-refractivity contribution >= 4 is 6.09 Å². The molecule has 0 aromatic carbocycles. The third kappa shape index (κ3) is 7.99. The first-order valence-electron chi connectivity index (χ1n) is 8.63. The van der Waals surface area contributed by atoms with E-state index in [2.05, 4.69) is 6.92 Å². The maximum atomic E-state index is 12.0. The molecule has 0 unspecified atom stereocenters. The van der Waals surface area contributed by atoms with Crippen LogP contribution < -0.4 is 5.73 Å². The zero-order chi connectivity index (χ0) is 16.6. The highest BCUT2D eigenvalue weighted by atomic mass is 16.6. The highest BCUT2D eigenvalue weighted by Gasteiger charge is 2.26. The molecule has 1 fully saturated rings. The lowest BCUT2D eigenvalue weighted by Gasteiger charge is -2.33. The molecule has 1 heterocycles. The van der Waals surface area contributed by atoms with Crippen LogP contribution in [0.25, 0.3) is 0 Å². The average molecular weight is 314 g/mol. The molecule has 1 amide bonds.